The molecule has 0 atom stereocenters. The molecule has 19 aromatic carbocycles. The molecule has 0 spiro atoms. The van der Waals surface area contributed by atoms with Crippen molar-refractivity contribution < 1.29 is 0 Å². The molecule has 0 saturated heterocycles. The van der Waals surface area contributed by atoms with Gasteiger partial charge in [-0.2, -0.15) is 0 Å². The number of benzene rings is 19. The molecule has 0 radical (unpaired) electrons. The second-order valence-corrected chi connectivity index (χ2v) is 35.5. The maximum absolute atomic E-state index is 2.80. The smallest absolute Gasteiger partial charge is 0.179 e. The maximum Gasteiger partial charge on any atom is 0.179 e. The molecule has 0 saturated carbocycles. The Bertz CT molecular complexity index is 7350. The third kappa shape index (κ3) is 11.7. The lowest BCUT2D eigenvalue weighted by molar-refractivity contribution is 0.745. The van der Waals surface area contributed by atoms with Gasteiger partial charge in [-0.05, 0) is 162 Å². The van der Waals surface area contributed by atoms with Crippen LogP contribution >= 0.6 is 0 Å². The van der Waals surface area contributed by atoms with Gasteiger partial charge < -0.3 is 18.3 Å². The van der Waals surface area contributed by atoms with Crippen LogP contribution in [0.15, 0.2) is 497 Å². The van der Waals surface area contributed by atoms with Crippen LogP contribution in [0.2, 0.25) is 0 Å². The van der Waals surface area contributed by atoms with Crippen molar-refractivity contribution in [2.45, 2.75) is 10.8 Å². The minimum atomic E-state index is -2.80. The van der Waals surface area contributed by atoms with Crippen molar-refractivity contribution in [2.24, 2.45) is 0 Å². The van der Waals surface area contributed by atoms with Gasteiger partial charge in [0.15, 0.2) is 8.07 Å². The normalized spacial score (nSPS) is 12.0. The van der Waals surface area contributed by atoms with E-state index in [9.17, 15) is 0 Å². The lowest BCUT2D eigenvalue weighted by atomic mass is 9.65. The Labute approximate surface area is 704 Å². The fraction of sp³-hybridized carbons (Fsp3) is 0.0172. The predicted octanol–water partition coefficient (Wildman–Crippen LogP) is 25.9. The van der Waals surface area contributed by atoms with Crippen LogP contribution in [0.3, 0.4) is 0 Å². The Kier molecular flexibility index (Phi) is 18.0. The van der Waals surface area contributed by atoms with Gasteiger partial charge in [0.1, 0.15) is 0 Å². The van der Waals surface area contributed by atoms with E-state index in [1.165, 1.54) is 152 Å². The first-order chi connectivity index (χ1) is 60.1. The molecule has 4 heterocycles. The Morgan fingerprint density at radius 2 is 0.339 bits per heavy atom. The first-order valence-corrected chi connectivity index (χ1v) is 43.9. The molecular formula is C116H82N4Si. The van der Waals surface area contributed by atoms with Crippen molar-refractivity contribution >= 4 is 116 Å². The number of aromatic nitrogens is 4. The van der Waals surface area contributed by atoms with E-state index < -0.39 is 18.9 Å². The molecule has 0 amide bonds. The molecule has 4 aromatic heterocycles. The van der Waals surface area contributed by atoms with E-state index in [2.05, 4.69) is 516 Å². The van der Waals surface area contributed by atoms with Crippen molar-refractivity contribution in [3.63, 3.8) is 0 Å². The minimum absolute atomic E-state index is 0.486. The Morgan fingerprint density at radius 1 is 0.132 bits per heavy atom. The summed E-state index contributed by atoms with van der Waals surface area (Å²) >= 11 is 0. The summed E-state index contributed by atoms with van der Waals surface area (Å²) in [6, 6.07) is 183. The lowest BCUT2D eigenvalue weighted by Gasteiger charge is -2.37. The van der Waals surface area contributed by atoms with Crippen LogP contribution in [0.4, 0.5) is 0 Å². The summed E-state index contributed by atoms with van der Waals surface area (Å²) in [5.41, 5.74) is 23.0. The molecule has 23 aromatic rings. The second-order valence-electron chi connectivity index (χ2n) is 31.7. The zero-order valence-electron chi connectivity index (χ0n) is 66.6. The van der Waals surface area contributed by atoms with E-state index in [4.69, 9.17) is 0 Å². The molecule has 0 aliphatic rings. The van der Waals surface area contributed by atoms with Crippen LogP contribution in [0.25, 0.3) is 110 Å². The number of rotatable bonds is 16. The number of nitrogens with zero attached hydrogens (tertiary/aromatic N) is 4. The summed E-state index contributed by atoms with van der Waals surface area (Å²) in [5.74, 6) is 0. The highest BCUT2D eigenvalue weighted by Crippen LogP contribution is 2.49. The SMILES string of the molecule is c1ccc(C(c2ccccc2)(c2ccccc2)c2ccc(-n3c4ccccc4c4cc(-n5c6ccccc6c6ccc([Si](c7ccccc7)(c7ccccc7)c7ccccc7)cc65)ccc43)cc2)cc1.c1ccc(C(c2ccccc2)(c2ccccc2)c2ccc(-n3c4ccccc4c4cc(-n5c6ccccc6c6ccccc65)ccc43)cc2)cc1. The first kappa shape index (κ1) is 72.1. The topological polar surface area (TPSA) is 19.7 Å². The van der Waals surface area contributed by atoms with Crippen LogP contribution in [0.5, 0.6) is 0 Å². The summed E-state index contributed by atoms with van der Waals surface area (Å²) in [6.07, 6.45) is 0. The van der Waals surface area contributed by atoms with Gasteiger partial charge in [0, 0.05) is 65.8 Å². The number of para-hydroxylation sites is 5. The van der Waals surface area contributed by atoms with E-state index in [0.717, 1.165) is 22.7 Å². The van der Waals surface area contributed by atoms with Crippen molar-refractivity contribution in [1.82, 2.24) is 18.3 Å². The first-order valence-electron chi connectivity index (χ1n) is 41.9. The van der Waals surface area contributed by atoms with E-state index in [1.54, 1.807) is 0 Å². The van der Waals surface area contributed by atoms with Crippen molar-refractivity contribution in [2.75, 3.05) is 0 Å². The lowest BCUT2D eigenvalue weighted by Crippen LogP contribution is -2.74. The van der Waals surface area contributed by atoms with Gasteiger partial charge in [-0.1, -0.05) is 400 Å². The van der Waals surface area contributed by atoms with E-state index in [1.807, 2.05) is 0 Å². The Balaban J connectivity index is 0.000000152. The molecule has 5 heteroatoms. The number of hydrogen-bond donors (Lipinski definition) is 0. The molecule has 0 fully saturated rings. The minimum Gasteiger partial charge on any atom is -0.309 e. The largest absolute Gasteiger partial charge is 0.309 e. The molecule has 4 nitrogen and oxygen atoms in total. The van der Waals surface area contributed by atoms with Crippen molar-refractivity contribution in [3.8, 4) is 22.7 Å². The van der Waals surface area contributed by atoms with E-state index >= 15 is 0 Å². The summed E-state index contributed by atoms with van der Waals surface area (Å²) in [7, 11) is -2.80. The molecule has 121 heavy (non-hydrogen) atoms. The Hall–Kier alpha value is -15.4. The zero-order valence-corrected chi connectivity index (χ0v) is 67.6. The van der Waals surface area contributed by atoms with Crippen LogP contribution in [-0.2, 0) is 10.8 Å². The molecule has 0 unspecified atom stereocenters. The highest BCUT2D eigenvalue weighted by molar-refractivity contribution is 7.20. The summed E-state index contributed by atoms with van der Waals surface area (Å²) in [4.78, 5) is 0. The van der Waals surface area contributed by atoms with Gasteiger partial charge in [-0.3, -0.25) is 0 Å². The van der Waals surface area contributed by atoms with Gasteiger partial charge in [-0.25, -0.2) is 0 Å². The van der Waals surface area contributed by atoms with Gasteiger partial charge in [0.2, 0.25) is 0 Å². The molecule has 570 valence electrons. The van der Waals surface area contributed by atoms with Gasteiger partial charge in [0.25, 0.3) is 0 Å². The molecular weight excluding hydrogens is 1480 g/mol. The third-order valence-corrected chi connectivity index (χ3v) is 30.3. The van der Waals surface area contributed by atoms with E-state index in [0.29, 0.717) is 0 Å². The summed E-state index contributed by atoms with van der Waals surface area (Å²) in [5, 5.41) is 15.4. The van der Waals surface area contributed by atoms with Crippen molar-refractivity contribution in [3.05, 3.63) is 542 Å². The highest BCUT2D eigenvalue weighted by Gasteiger charge is 2.43. The van der Waals surface area contributed by atoms with Crippen LogP contribution in [0.1, 0.15) is 44.5 Å². The predicted molar refractivity (Wildman–Crippen MR) is 510 cm³/mol. The molecule has 23 rings (SSSR count). The van der Waals surface area contributed by atoms with Gasteiger partial charge >= 0.3 is 0 Å². The van der Waals surface area contributed by atoms with Crippen LogP contribution in [0, 0.1) is 0 Å². The van der Waals surface area contributed by atoms with Crippen molar-refractivity contribution in [1.29, 1.82) is 0 Å². The third-order valence-electron chi connectivity index (χ3n) is 25.5. The highest BCUT2D eigenvalue weighted by atomic mass is 28.3. The van der Waals surface area contributed by atoms with Crippen LogP contribution < -0.4 is 20.7 Å². The van der Waals surface area contributed by atoms with E-state index in [-0.39, 0.29) is 0 Å². The quantitative estimate of drug-likeness (QED) is 0.0679. The number of fused-ring (bicyclic) bond motifs is 12. The molecule has 0 bridgehead atoms. The summed E-state index contributed by atoms with van der Waals surface area (Å²) < 4.78 is 9.77. The fourth-order valence-electron chi connectivity index (χ4n) is 20.4. The van der Waals surface area contributed by atoms with Crippen LogP contribution in [-0.4, -0.2) is 26.3 Å². The average Bonchev–Trinajstić information content (AvgIpc) is 1.67. The maximum atomic E-state index is 2.52. The van der Waals surface area contributed by atoms with Gasteiger partial charge in [-0.15, -0.1) is 0 Å². The average molecular weight is 1560 g/mol. The molecule has 0 N–H and O–H groups in total. The molecule has 0 aliphatic heterocycles. The zero-order chi connectivity index (χ0) is 80.3. The second kappa shape index (κ2) is 30.3. The number of hydrogen-bond acceptors (Lipinski definition) is 0. The monoisotopic (exact) mass is 1560 g/mol. The Morgan fingerprint density at radius 3 is 0.628 bits per heavy atom. The van der Waals surface area contributed by atoms with Gasteiger partial charge in [0.05, 0.1) is 55.0 Å². The molecule has 0 aliphatic carbocycles. The standard InChI is InChI=1S/C67H48N2Si.C49H34N2/c1-7-23-49(24-8-1)67(50-25-9-2-10-26-50,51-27-11-3-12-28-51)52-39-41-53(42-40-52)68-64-38-22-20-36-60(64)62-47-54(43-46-65(62)68)69-63-37-21-19-35-59(63)61-45-44-58(48-66(61)69)70(55-29-13-4-14-30-55,56-31-15-5-16-32-56)57-33-17-6-18-34-57;1-4-16-35(17-5-1)49(36-18-6-2-7-19-36,37-20-8-3-9-21-37)38-28-30-39(31-29-38)50-47-27-15-12-24-43(47)44-34-40(32-33-48(44)50)51-45-25-13-10-22-41(45)42-23-11-14-26-46(42)51/h1-48H;1-34H. The fourth-order valence-corrected chi connectivity index (χ4v) is 25.1. The summed E-state index contributed by atoms with van der Waals surface area (Å²) in [6.45, 7) is 0.